The molecule has 0 heterocycles. The van der Waals surface area contributed by atoms with Crippen molar-refractivity contribution in [2.24, 2.45) is 0 Å². The molecule has 0 bridgehead atoms. The summed E-state index contributed by atoms with van der Waals surface area (Å²) in [6.45, 7) is 0. The highest BCUT2D eigenvalue weighted by molar-refractivity contribution is 6.31. The molecule has 2 aromatic carbocycles. The third-order valence-electron chi connectivity index (χ3n) is 2.67. The fourth-order valence-electron chi connectivity index (χ4n) is 1.82. The Morgan fingerprint density at radius 1 is 1.00 bits per heavy atom. The number of aliphatic carboxylic acids is 1. The number of hydrogen-bond donors (Lipinski definition) is 1. The second-order valence-electron chi connectivity index (χ2n) is 3.84. The molecular weight excluding hydrogens is 277 g/mol. The molecule has 0 aromatic heterocycles. The van der Waals surface area contributed by atoms with E-state index in [1.807, 2.05) is 0 Å². The highest BCUT2D eigenvalue weighted by atomic mass is 35.5. The highest BCUT2D eigenvalue weighted by Gasteiger charge is 2.23. The van der Waals surface area contributed by atoms with Crippen molar-refractivity contribution in [1.82, 2.24) is 0 Å². The molecule has 0 radical (unpaired) electrons. The first-order chi connectivity index (χ1) is 8.59. The SMILES string of the molecule is O=C(O)C(c1ccccc1Cl)[13c]1[13cH][13cH][13c](Cl)[13cH][13cH]1. The zero-order valence-corrected chi connectivity index (χ0v) is 10.8. The van der Waals surface area contributed by atoms with Gasteiger partial charge in [-0.1, -0.05) is 53.5 Å². The van der Waals surface area contributed by atoms with Crippen LogP contribution in [0.4, 0.5) is 0 Å². The summed E-state index contributed by atoms with van der Waals surface area (Å²) >= 11 is 11.9. The predicted molar refractivity (Wildman–Crippen MR) is 72.4 cm³/mol. The first kappa shape index (κ1) is 12.9. The Balaban J connectivity index is 2.50. The Bertz CT molecular complexity index is 564. The van der Waals surface area contributed by atoms with E-state index in [0.29, 0.717) is 21.2 Å². The van der Waals surface area contributed by atoms with Crippen molar-refractivity contribution in [2.75, 3.05) is 0 Å². The molecule has 1 unspecified atom stereocenters. The quantitative estimate of drug-likeness (QED) is 0.918. The number of carboxylic acid groups (broad SMARTS) is 1. The van der Waals surface area contributed by atoms with Gasteiger partial charge in [-0.25, -0.2) is 0 Å². The molecule has 0 fully saturated rings. The Labute approximate surface area is 115 Å². The molecule has 1 N–H and O–H groups in total. The van der Waals surface area contributed by atoms with Gasteiger partial charge in [0.25, 0.3) is 0 Å². The van der Waals surface area contributed by atoms with Gasteiger partial charge >= 0.3 is 5.97 Å². The van der Waals surface area contributed by atoms with E-state index in [4.69, 9.17) is 23.2 Å². The van der Waals surface area contributed by atoms with Crippen molar-refractivity contribution in [1.29, 1.82) is 0 Å². The molecule has 0 saturated heterocycles. The molecule has 0 aliphatic rings. The molecule has 0 spiro atoms. The van der Waals surface area contributed by atoms with Gasteiger partial charge in [-0.2, -0.15) is 0 Å². The van der Waals surface area contributed by atoms with E-state index in [0.717, 1.165) is 0 Å². The van der Waals surface area contributed by atoms with E-state index >= 15 is 0 Å². The van der Waals surface area contributed by atoms with Gasteiger partial charge in [-0.3, -0.25) is 4.79 Å². The van der Waals surface area contributed by atoms with Gasteiger partial charge in [0.05, 0.1) is 0 Å². The molecule has 0 aliphatic carbocycles. The van der Waals surface area contributed by atoms with Crippen molar-refractivity contribution >= 4 is 29.2 Å². The van der Waals surface area contributed by atoms with Crippen LogP contribution in [0.15, 0.2) is 48.5 Å². The zero-order valence-electron chi connectivity index (χ0n) is 9.31. The summed E-state index contributed by atoms with van der Waals surface area (Å²) in [6.07, 6.45) is 0. The van der Waals surface area contributed by atoms with Crippen LogP contribution in [0.2, 0.25) is 10.0 Å². The second kappa shape index (κ2) is 5.42. The molecule has 2 rings (SSSR count). The number of carboxylic acids is 1. The van der Waals surface area contributed by atoms with E-state index in [1.54, 1.807) is 48.5 Å². The van der Waals surface area contributed by atoms with E-state index < -0.39 is 11.9 Å². The Kier molecular flexibility index (Phi) is 3.90. The number of hydrogen-bond acceptors (Lipinski definition) is 1. The van der Waals surface area contributed by atoms with Crippen molar-refractivity contribution in [2.45, 2.75) is 5.92 Å². The topological polar surface area (TPSA) is 37.3 Å². The fourth-order valence-corrected chi connectivity index (χ4v) is 2.19. The fraction of sp³-hybridized carbons (Fsp3) is 0.0714. The number of halogens is 2. The smallest absolute Gasteiger partial charge is 0.315 e. The van der Waals surface area contributed by atoms with Gasteiger partial charge in [-0.15, -0.1) is 0 Å². The lowest BCUT2D eigenvalue weighted by atomic mass is 10.0. The lowest BCUT2D eigenvalue weighted by Gasteiger charge is -2.14. The Hall–Kier alpha value is -1.51. The van der Waals surface area contributed by atoms with E-state index in [1.165, 1.54) is 0 Å². The lowest BCUT2D eigenvalue weighted by Crippen LogP contribution is -2.13. The van der Waals surface area contributed by atoms with Gasteiger partial charge in [0.2, 0.25) is 0 Å². The lowest BCUT2D eigenvalue weighted by molar-refractivity contribution is -0.137. The predicted octanol–water partition coefficient (Wildman–Crippen LogP) is 4.21. The molecular formula is C14H10Cl2O2. The average Bonchev–Trinajstić information content (AvgIpc) is 2.34. The van der Waals surface area contributed by atoms with Gasteiger partial charge in [-0.05, 0) is 29.3 Å². The maximum Gasteiger partial charge on any atom is 0.315 e. The molecule has 2 aromatic rings. The summed E-state index contributed by atoms with van der Waals surface area (Å²) in [5.41, 5.74) is 1.23. The van der Waals surface area contributed by atoms with E-state index in [2.05, 4.69) is 0 Å². The van der Waals surface area contributed by atoms with Crippen LogP contribution >= 0.6 is 23.2 Å². The van der Waals surface area contributed by atoms with Crippen LogP contribution in [-0.2, 0) is 4.79 Å². The van der Waals surface area contributed by atoms with Crippen LogP contribution < -0.4 is 0 Å². The first-order valence-electron chi connectivity index (χ1n) is 5.32. The van der Waals surface area contributed by atoms with E-state index in [9.17, 15) is 9.90 Å². The minimum atomic E-state index is -0.939. The zero-order chi connectivity index (χ0) is 13.1. The highest BCUT2D eigenvalue weighted by Crippen LogP contribution is 2.31. The largest absolute Gasteiger partial charge is 0.481 e. The maximum atomic E-state index is 11.4. The Morgan fingerprint density at radius 2 is 1.61 bits per heavy atom. The van der Waals surface area contributed by atoms with Gasteiger partial charge < -0.3 is 5.11 Å². The number of carbonyl (C=O) groups is 1. The number of rotatable bonds is 3. The van der Waals surface area contributed by atoms with Gasteiger partial charge in [0, 0.05) is 10.0 Å². The Morgan fingerprint density at radius 3 is 2.17 bits per heavy atom. The first-order valence-corrected chi connectivity index (χ1v) is 6.08. The maximum absolute atomic E-state index is 11.4. The normalized spacial score (nSPS) is 12.1. The molecule has 92 valence electrons. The summed E-state index contributed by atoms with van der Waals surface area (Å²) in [4.78, 5) is 11.4. The average molecular weight is 287 g/mol. The van der Waals surface area contributed by atoms with E-state index in [-0.39, 0.29) is 0 Å². The molecule has 1 atom stereocenters. The van der Waals surface area contributed by atoms with Crippen molar-refractivity contribution in [3.63, 3.8) is 0 Å². The van der Waals surface area contributed by atoms with Crippen molar-refractivity contribution in [3.05, 3.63) is 69.7 Å². The summed E-state index contributed by atoms with van der Waals surface area (Å²) in [6, 6.07) is 13.7. The van der Waals surface area contributed by atoms with Crippen LogP contribution in [0.25, 0.3) is 0 Å². The molecule has 4 heteroatoms. The van der Waals surface area contributed by atoms with Crippen molar-refractivity contribution < 1.29 is 9.90 Å². The summed E-state index contributed by atoms with van der Waals surface area (Å²) < 4.78 is 0. The van der Waals surface area contributed by atoms with Crippen LogP contribution in [0.5, 0.6) is 0 Å². The van der Waals surface area contributed by atoms with Gasteiger partial charge in [0.1, 0.15) is 5.92 Å². The monoisotopic (exact) mass is 286 g/mol. The molecule has 2 nitrogen and oxygen atoms in total. The third-order valence-corrected chi connectivity index (χ3v) is 3.26. The van der Waals surface area contributed by atoms with Crippen LogP contribution in [0.3, 0.4) is 0 Å². The standard InChI is InChI=1S/C14H10Cl2O2/c15-10-7-5-9(6-8-10)13(14(17)18)11-3-1-2-4-12(11)16/h1-8,13H,(H,17,18)/i5+1,6+1,7+1,8+1,9+1,10+1. The second-order valence-corrected chi connectivity index (χ2v) is 4.69. The summed E-state index contributed by atoms with van der Waals surface area (Å²) in [7, 11) is 0. The summed E-state index contributed by atoms with van der Waals surface area (Å²) in [5, 5.41) is 10.4. The van der Waals surface area contributed by atoms with Crippen molar-refractivity contribution in [3.8, 4) is 0 Å². The summed E-state index contributed by atoms with van der Waals surface area (Å²) in [5.74, 6) is -1.72. The van der Waals surface area contributed by atoms with Crippen LogP contribution in [0, 0.1) is 0 Å². The van der Waals surface area contributed by atoms with Gasteiger partial charge in [0.15, 0.2) is 0 Å². The minimum absolute atomic E-state index is 0.444. The number of benzene rings is 2. The molecule has 0 saturated carbocycles. The van der Waals surface area contributed by atoms with Crippen LogP contribution in [-0.4, -0.2) is 11.1 Å². The third kappa shape index (κ3) is 2.66. The molecule has 0 amide bonds. The van der Waals surface area contributed by atoms with Crippen LogP contribution in [0.1, 0.15) is 17.0 Å². The molecule has 0 aliphatic heterocycles. The molecule has 18 heavy (non-hydrogen) atoms. The minimum Gasteiger partial charge on any atom is -0.481 e.